The summed E-state index contributed by atoms with van der Waals surface area (Å²) in [6.07, 6.45) is 6.23. The van der Waals surface area contributed by atoms with Crippen LogP contribution in [0.2, 0.25) is 0 Å². The first-order chi connectivity index (χ1) is 24.3. The fourth-order valence-corrected chi connectivity index (χ4v) is 8.31. The maximum absolute atomic E-state index is 5.19. The molecule has 49 heavy (non-hydrogen) atoms. The summed E-state index contributed by atoms with van der Waals surface area (Å²) in [4.78, 5) is 9.76. The molecule has 1 aromatic heterocycles. The molecular weight excluding hydrogens is 595 g/mol. The second-order valence-electron chi connectivity index (χ2n) is 13.0. The Bertz CT molecular complexity index is 2410. The van der Waals surface area contributed by atoms with Gasteiger partial charge < -0.3 is 5.32 Å². The highest BCUT2D eigenvalue weighted by molar-refractivity contribution is 6.03. The lowest BCUT2D eigenvalue weighted by Gasteiger charge is -2.30. The van der Waals surface area contributed by atoms with E-state index in [2.05, 4.69) is 168 Å². The minimum atomic E-state index is -0.399. The summed E-state index contributed by atoms with van der Waals surface area (Å²) in [7, 11) is 0. The molecule has 0 fully saturated rings. The largest absolute Gasteiger partial charge is 0.359 e. The number of aromatic nitrogens is 1. The molecule has 0 radical (unpaired) electrons. The van der Waals surface area contributed by atoms with Gasteiger partial charge in [0.05, 0.1) is 17.2 Å². The summed E-state index contributed by atoms with van der Waals surface area (Å²) in [5, 5.41) is 3.68. The molecule has 1 aliphatic heterocycles. The number of aliphatic imine (C=N–C) groups is 1. The van der Waals surface area contributed by atoms with Crippen LogP contribution in [0.4, 0.5) is 0 Å². The average molecular weight is 626 g/mol. The molecule has 3 heteroatoms. The van der Waals surface area contributed by atoms with Gasteiger partial charge in [-0.05, 0) is 79.9 Å². The number of hydrogen-bond acceptors (Lipinski definition) is 3. The van der Waals surface area contributed by atoms with Crippen LogP contribution < -0.4 is 5.32 Å². The molecule has 1 N–H and O–H groups in total. The predicted octanol–water partition coefficient (Wildman–Crippen LogP) is 10.2. The lowest BCUT2D eigenvalue weighted by atomic mass is 9.70. The van der Waals surface area contributed by atoms with Crippen molar-refractivity contribution in [2.24, 2.45) is 4.99 Å². The molecule has 2 atom stereocenters. The third-order valence-corrected chi connectivity index (χ3v) is 10.4. The topological polar surface area (TPSA) is 37.3 Å². The van der Waals surface area contributed by atoms with Gasteiger partial charge in [0.15, 0.2) is 0 Å². The van der Waals surface area contributed by atoms with E-state index in [-0.39, 0.29) is 6.04 Å². The maximum Gasteiger partial charge on any atom is 0.134 e. The molecule has 3 aliphatic rings. The molecule has 0 saturated carbocycles. The number of pyridine rings is 1. The number of fused-ring (bicyclic) bond motifs is 10. The fourth-order valence-electron chi connectivity index (χ4n) is 8.31. The Morgan fingerprint density at radius 2 is 1.08 bits per heavy atom. The summed E-state index contributed by atoms with van der Waals surface area (Å²) in [5.74, 6) is 0.877. The Morgan fingerprint density at radius 3 is 1.88 bits per heavy atom. The number of benzene rings is 6. The first kappa shape index (κ1) is 27.8. The van der Waals surface area contributed by atoms with Crippen LogP contribution in [-0.4, -0.2) is 10.8 Å². The van der Waals surface area contributed by atoms with E-state index in [1.54, 1.807) is 0 Å². The molecule has 6 aromatic carbocycles. The first-order valence-electron chi connectivity index (χ1n) is 16.9. The van der Waals surface area contributed by atoms with Gasteiger partial charge in [-0.15, -0.1) is 0 Å². The molecule has 2 aliphatic carbocycles. The van der Waals surface area contributed by atoms with Crippen molar-refractivity contribution in [1.29, 1.82) is 0 Å². The van der Waals surface area contributed by atoms with Crippen LogP contribution in [-0.2, 0) is 5.41 Å². The monoisotopic (exact) mass is 625 g/mol. The van der Waals surface area contributed by atoms with E-state index >= 15 is 0 Å². The second kappa shape index (κ2) is 10.9. The van der Waals surface area contributed by atoms with Crippen LogP contribution in [0.25, 0.3) is 39.1 Å². The van der Waals surface area contributed by atoms with Crippen LogP contribution in [0.15, 0.2) is 181 Å². The minimum Gasteiger partial charge on any atom is -0.359 e. The summed E-state index contributed by atoms with van der Waals surface area (Å²) in [5.41, 5.74) is 16.6. The number of rotatable bonds is 4. The zero-order chi connectivity index (χ0) is 32.4. The van der Waals surface area contributed by atoms with E-state index in [4.69, 9.17) is 4.99 Å². The Balaban J connectivity index is 1.13. The van der Waals surface area contributed by atoms with Gasteiger partial charge in [0, 0.05) is 29.1 Å². The number of nitrogens with one attached hydrogen (secondary N) is 1. The summed E-state index contributed by atoms with van der Waals surface area (Å²) in [6, 6.07) is 56.9. The first-order valence-corrected chi connectivity index (χ1v) is 16.9. The number of amidine groups is 1. The minimum absolute atomic E-state index is 0.00270. The van der Waals surface area contributed by atoms with Gasteiger partial charge in [-0.25, -0.2) is 4.99 Å². The third-order valence-electron chi connectivity index (χ3n) is 10.4. The zero-order valence-electron chi connectivity index (χ0n) is 26.7. The van der Waals surface area contributed by atoms with Crippen molar-refractivity contribution in [3.05, 3.63) is 215 Å². The van der Waals surface area contributed by atoms with Crippen molar-refractivity contribution in [2.75, 3.05) is 0 Å². The highest BCUT2D eigenvalue weighted by Crippen LogP contribution is 2.62. The Morgan fingerprint density at radius 1 is 0.469 bits per heavy atom. The van der Waals surface area contributed by atoms with Crippen molar-refractivity contribution in [3.63, 3.8) is 0 Å². The Labute approximate surface area is 286 Å². The van der Waals surface area contributed by atoms with Gasteiger partial charge in [-0.1, -0.05) is 140 Å². The van der Waals surface area contributed by atoms with E-state index < -0.39 is 5.41 Å². The molecule has 230 valence electrons. The van der Waals surface area contributed by atoms with Crippen molar-refractivity contribution in [1.82, 2.24) is 10.3 Å². The lowest BCUT2D eigenvalue weighted by molar-refractivity contribution is 0.781. The van der Waals surface area contributed by atoms with E-state index in [1.165, 1.54) is 61.2 Å². The van der Waals surface area contributed by atoms with Crippen LogP contribution in [0, 0.1) is 0 Å². The van der Waals surface area contributed by atoms with Gasteiger partial charge >= 0.3 is 0 Å². The van der Waals surface area contributed by atoms with Gasteiger partial charge in [0.2, 0.25) is 0 Å². The third kappa shape index (κ3) is 4.15. The van der Waals surface area contributed by atoms with Crippen LogP contribution >= 0.6 is 0 Å². The number of hydrogen-bond donors (Lipinski definition) is 1. The summed E-state index contributed by atoms with van der Waals surface area (Å²) in [6.45, 7) is 0. The van der Waals surface area contributed by atoms with Gasteiger partial charge in [-0.3, -0.25) is 4.98 Å². The standard InChI is InChI=1S/C46H31N3/c1-3-12-30(13-4-1)43-28-44(49-45(48-43)31-14-5-2-6-15-31)34-17-11-16-32(26-34)33-22-23-37-35-18-7-9-20-39(35)46(42(37)27-33)40-21-10-8-19-36(40)38-29-47-25-24-41(38)46/h1-29,43H,(H,48,49). The lowest BCUT2D eigenvalue weighted by Crippen LogP contribution is -2.31. The van der Waals surface area contributed by atoms with E-state index in [1.807, 2.05) is 18.5 Å². The molecule has 1 spiro atoms. The highest BCUT2D eigenvalue weighted by atomic mass is 15.0. The van der Waals surface area contributed by atoms with E-state index in [9.17, 15) is 0 Å². The predicted molar refractivity (Wildman–Crippen MR) is 199 cm³/mol. The highest BCUT2D eigenvalue weighted by Gasteiger charge is 2.51. The van der Waals surface area contributed by atoms with Crippen molar-refractivity contribution >= 4 is 11.5 Å². The normalized spacial score (nSPS) is 18.1. The fraction of sp³-hybridized carbons (Fsp3) is 0.0435. The average Bonchev–Trinajstić information content (AvgIpc) is 3.66. The molecular formula is C46H31N3. The van der Waals surface area contributed by atoms with E-state index in [0.29, 0.717) is 0 Å². The molecule has 3 nitrogen and oxygen atoms in total. The number of nitrogens with zero attached hydrogens (tertiary/aromatic N) is 2. The van der Waals surface area contributed by atoms with Crippen LogP contribution in [0.5, 0.6) is 0 Å². The van der Waals surface area contributed by atoms with Gasteiger partial charge in [0.25, 0.3) is 0 Å². The SMILES string of the molecule is C1=C(c2cccc(-c3ccc4c(c3)C3(c5ccccc5-c5cnccc53)c3ccccc3-4)c2)N=C(c2ccccc2)NC1c1ccccc1. The summed E-state index contributed by atoms with van der Waals surface area (Å²) >= 11 is 0. The molecule has 2 heterocycles. The van der Waals surface area contributed by atoms with Crippen molar-refractivity contribution < 1.29 is 0 Å². The molecule has 10 rings (SSSR count). The maximum atomic E-state index is 5.19. The van der Waals surface area contributed by atoms with Crippen LogP contribution in [0.3, 0.4) is 0 Å². The molecule has 0 amide bonds. The molecule has 2 unspecified atom stereocenters. The molecule has 7 aromatic rings. The van der Waals surface area contributed by atoms with Crippen molar-refractivity contribution in [2.45, 2.75) is 11.5 Å². The Hall–Kier alpha value is -6.32. The van der Waals surface area contributed by atoms with Gasteiger partial charge in [-0.2, -0.15) is 0 Å². The summed E-state index contributed by atoms with van der Waals surface area (Å²) < 4.78 is 0. The molecule has 0 bridgehead atoms. The zero-order valence-corrected chi connectivity index (χ0v) is 26.7. The van der Waals surface area contributed by atoms with Crippen molar-refractivity contribution in [3.8, 4) is 33.4 Å². The van der Waals surface area contributed by atoms with Crippen LogP contribution in [0.1, 0.15) is 45.0 Å². The quantitative estimate of drug-likeness (QED) is 0.211. The second-order valence-corrected chi connectivity index (χ2v) is 13.0. The smallest absolute Gasteiger partial charge is 0.134 e. The Kier molecular flexibility index (Phi) is 6.16. The van der Waals surface area contributed by atoms with Gasteiger partial charge in [0.1, 0.15) is 5.84 Å². The van der Waals surface area contributed by atoms with E-state index in [0.717, 1.165) is 22.7 Å². The molecule has 0 saturated heterocycles.